The fourth-order valence-electron chi connectivity index (χ4n) is 1.80. The number of carbonyl (C=O) groups is 1. The molecule has 0 spiro atoms. The van der Waals surface area contributed by atoms with Crippen LogP contribution in [0.4, 0.5) is 0 Å². The molecule has 0 aliphatic carbocycles. The van der Waals surface area contributed by atoms with E-state index in [1.165, 1.54) is 0 Å². The monoisotopic (exact) mass is 248 g/mol. The first-order valence-corrected chi connectivity index (χ1v) is 5.98. The molecule has 1 amide bonds. The molecule has 0 aromatic heterocycles. The zero-order valence-electron chi connectivity index (χ0n) is 10.7. The highest BCUT2D eigenvalue weighted by Gasteiger charge is 2.25. The lowest BCUT2D eigenvalue weighted by Crippen LogP contribution is -2.43. The first-order chi connectivity index (χ1) is 6.94. The van der Waals surface area contributed by atoms with Crippen molar-refractivity contribution < 1.29 is 4.79 Å². The van der Waals surface area contributed by atoms with Crippen molar-refractivity contribution in [2.75, 3.05) is 13.1 Å². The van der Waals surface area contributed by atoms with E-state index in [4.69, 9.17) is 5.73 Å². The number of likely N-dealkylation sites (tertiary alicyclic amines) is 1. The maximum atomic E-state index is 12.0. The Morgan fingerprint density at radius 2 is 1.88 bits per heavy atom. The standard InChI is InChI=1S/C12H24N2O.ClH/c1-4-12(2,3)9-11(15)14-7-5-10(13)6-8-14;/h10H,4-9,13H2,1-3H3;1H. The molecule has 1 aliphatic rings. The summed E-state index contributed by atoms with van der Waals surface area (Å²) in [5.41, 5.74) is 5.95. The Morgan fingerprint density at radius 1 is 1.38 bits per heavy atom. The molecule has 0 saturated carbocycles. The minimum absolute atomic E-state index is 0. The van der Waals surface area contributed by atoms with Crippen molar-refractivity contribution in [3.63, 3.8) is 0 Å². The Balaban J connectivity index is 0.00000225. The maximum absolute atomic E-state index is 12.0. The van der Waals surface area contributed by atoms with Crippen LogP contribution in [0.25, 0.3) is 0 Å². The first-order valence-electron chi connectivity index (χ1n) is 5.98. The minimum atomic E-state index is 0. The summed E-state index contributed by atoms with van der Waals surface area (Å²) in [7, 11) is 0. The molecule has 0 unspecified atom stereocenters. The number of piperidine rings is 1. The van der Waals surface area contributed by atoms with Crippen molar-refractivity contribution in [3.8, 4) is 0 Å². The molecule has 0 aromatic rings. The van der Waals surface area contributed by atoms with Crippen molar-refractivity contribution in [2.45, 2.75) is 52.5 Å². The van der Waals surface area contributed by atoms with E-state index in [2.05, 4.69) is 20.8 Å². The second-order valence-electron chi connectivity index (χ2n) is 5.41. The van der Waals surface area contributed by atoms with Crippen LogP contribution in [0.3, 0.4) is 0 Å². The number of amides is 1. The molecule has 3 nitrogen and oxygen atoms in total. The molecular formula is C12H25ClN2O. The average Bonchev–Trinajstić information content (AvgIpc) is 2.18. The molecule has 1 fully saturated rings. The summed E-state index contributed by atoms with van der Waals surface area (Å²) in [6.45, 7) is 8.14. The van der Waals surface area contributed by atoms with E-state index in [0.717, 1.165) is 32.4 Å². The third kappa shape index (κ3) is 4.71. The van der Waals surface area contributed by atoms with Crippen LogP contribution in [0.2, 0.25) is 0 Å². The van der Waals surface area contributed by atoms with Crippen molar-refractivity contribution >= 4 is 18.3 Å². The van der Waals surface area contributed by atoms with Gasteiger partial charge in [-0.1, -0.05) is 27.2 Å². The quantitative estimate of drug-likeness (QED) is 0.832. The Morgan fingerprint density at radius 3 is 2.31 bits per heavy atom. The van der Waals surface area contributed by atoms with Gasteiger partial charge in [0.25, 0.3) is 0 Å². The van der Waals surface area contributed by atoms with Crippen molar-refractivity contribution in [3.05, 3.63) is 0 Å². The van der Waals surface area contributed by atoms with Gasteiger partial charge in [0.1, 0.15) is 0 Å². The highest BCUT2D eigenvalue weighted by atomic mass is 35.5. The van der Waals surface area contributed by atoms with E-state index >= 15 is 0 Å². The fraction of sp³-hybridized carbons (Fsp3) is 0.917. The molecule has 0 aromatic carbocycles. The number of hydrogen-bond acceptors (Lipinski definition) is 2. The lowest BCUT2D eigenvalue weighted by Gasteiger charge is -2.33. The Hall–Kier alpha value is -0.280. The van der Waals surface area contributed by atoms with Crippen LogP contribution in [0.5, 0.6) is 0 Å². The van der Waals surface area contributed by atoms with Crippen LogP contribution in [0, 0.1) is 5.41 Å². The lowest BCUT2D eigenvalue weighted by molar-refractivity contribution is -0.134. The largest absolute Gasteiger partial charge is 0.343 e. The molecule has 96 valence electrons. The number of halogens is 1. The van der Waals surface area contributed by atoms with Crippen molar-refractivity contribution in [1.29, 1.82) is 0 Å². The SMILES string of the molecule is CCC(C)(C)CC(=O)N1CCC(N)CC1.Cl. The van der Waals surface area contributed by atoms with E-state index in [9.17, 15) is 4.79 Å². The van der Waals surface area contributed by atoms with Crippen molar-refractivity contribution in [2.24, 2.45) is 11.1 Å². The highest BCUT2D eigenvalue weighted by molar-refractivity contribution is 5.85. The summed E-state index contributed by atoms with van der Waals surface area (Å²) in [5, 5.41) is 0. The second kappa shape index (κ2) is 6.45. The predicted molar refractivity (Wildman–Crippen MR) is 69.7 cm³/mol. The van der Waals surface area contributed by atoms with E-state index in [1.807, 2.05) is 4.90 Å². The first kappa shape index (κ1) is 15.7. The summed E-state index contributed by atoms with van der Waals surface area (Å²) in [4.78, 5) is 13.9. The lowest BCUT2D eigenvalue weighted by atomic mass is 9.86. The molecule has 1 saturated heterocycles. The van der Waals surface area contributed by atoms with Crippen LogP contribution >= 0.6 is 12.4 Å². The van der Waals surface area contributed by atoms with Gasteiger partial charge < -0.3 is 10.6 Å². The smallest absolute Gasteiger partial charge is 0.223 e. The van der Waals surface area contributed by atoms with Crippen LogP contribution in [-0.4, -0.2) is 29.9 Å². The molecule has 4 heteroatoms. The molecule has 0 radical (unpaired) electrons. The number of hydrogen-bond donors (Lipinski definition) is 1. The van der Waals surface area contributed by atoms with Gasteiger partial charge in [0.05, 0.1) is 0 Å². The zero-order valence-corrected chi connectivity index (χ0v) is 11.5. The topological polar surface area (TPSA) is 46.3 Å². The molecule has 2 N–H and O–H groups in total. The van der Waals surface area contributed by atoms with E-state index in [1.54, 1.807) is 0 Å². The van der Waals surface area contributed by atoms with Gasteiger partial charge in [-0.25, -0.2) is 0 Å². The molecular weight excluding hydrogens is 224 g/mol. The summed E-state index contributed by atoms with van der Waals surface area (Å²) in [5.74, 6) is 0.300. The van der Waals surface area contributed by atoms with E-state index < -0.39 is 0 Å². The Bertz CT molecular complexity index is 223. The van der Waals surface area contributed by atoms with E-state index in [-0.39, 0.29) is 17.8 Å². The van der Waals surface area contributed by atoms with Crippen LogP contribution in [0.1, 0.15) is 46.5 Å². The minimum Gasteiger partial charge on any atom is -0.343 e. The van der Waals surface area contributed by atoms with Gasteiger partial charge in [0, 0.05) is 25.6 Å². The normalized spacial score (nSPS) is 18.1. The van der Waals surface area contributed by atoms with Gasteiger partial charge in [-0.05, 0) is 18.3 Å². The van der Waals surface area contributed by atoms with Crippen molar-refractivity contribution in [1.82, 2.24) is 4.90 Å². The number of nitrogens with two attached hydrogens (primary N) is 1. The summed E-state index contributed by atoms with van der Waals surface area (Å²) < 4.78 is 0. The van der Waals surface area contributed by atoms with Crippen LogP contribution in [-0.2, 0) is 4.79 Å². The molecule has 1 aliphatic heterocycles. The number of carbonyl (C=O) groups excluding carboxylic acids is 1. The van der Waals surface area contributed by atoms with Gasteiger partial charge in [0.15, 0.2) is 0 Å². The summed E-state index contributed by atoms with van der Waals surface area (Å²) in [6, 6.07) is 0.299. The predicted octanol–water partition coefficient (Wildman–Crippen LogP) is 2.18. The molecule has 16 heavy (non-hydrogen) atoms. The average molecular weight is 249 g/mol. The fourth-order valence-corrected chi connectivity index (χ4v) is 1.80. The summed E-state index contributed by atoms with van der Waals surface area (Å²) in [6.07, 6.45) is 3.63. The van der Waals surface area contributed by atoms with E-state index in [0.29, 0.717) is 18.4 Å². The maximum Gasteiger partial charge on any atom is 0.223 e. The van der Waals surface area contributed by atoms with Gasteiger partial charge >= 0.3 is 0 Å². The third-order valence-electron chi connectivity index (χ3n) is 3.48. The van der Waals surface area contributed by atoms with Crippen LogP contribution < -0.4 is 5.73 Å². The highest BCUT2D eigenvalue weighted by Crippen LogP contribution is 2.26. The summed E-state index contributed by atoms with van der Waals surface area (Å²) >= 11 is 0. The molecule has 1 rings (SSSR count). The Kier molecular flexibility index (Phi) is 6.34. The van der Waals surface area contributed by atoms with Gasteiger partial charge in [-0.3, -0.25) is 4.79 Å². The van der Waals surface area contributed by atoms with Gasteiger partial charge in [-0.15, -0.1) is 12.4 Å². The molecule has 0 atom stereocenters. The number of nitrogens with zero attached hydrogens (tertiary/aromatic N) is 1. The number of rotatable bonds is 3. The molecule has 0 bridgehead atoms. The molecule has 1 heterocycles. The Labute approximate surface area is 105 Å². The van der Waals surface area contributed by atoms with Gasteiger partial charge in [0.2, 0.25) is 5.91 Å². The van der Waals surface area contributed by atoms with Gasteiger partial charge in [-0.2, -0.15) is 0 Å². The second-order valence-corrected chi connectivity index (χ2v) is 5.41. The van der Waals surface area contributed by atoms with Crippen LogP contribution in [0.15, 0.2) is 0 Å². The third-order valence-corrected chi connectivity index (χ3v) is 3.48. The zero-order chi connectivity index (χ0) is 11.5.